The molecule has 0 aromatic carbocycles. The summed E-state index contributed by atoms with van der Waals surface area (Å²) >= 11 is 5.99. The summed E-state index contributed by atoms with van der Waals surface area (Å²) in [4.78, 5) is 12.9. The number of allylic oxidation sites excluding steroid dienone is 2. The minimum Gasteiger partial charge on any atom is -0.400 e. The van der Waals surface area contributed by atoms with Crippen LogP contribution in [0.5, 0.6) is 0 Å². The SMILES string of the molecule is CC1=CC(O[Si](C(C)C)(C(C)C)C(C)C)(C(=O)CCl)C(C)C=C1. The summed E-state index contributed by atoms with van der Waals surface area (Å²) in [6.45, 7) is 17.5. The Balaban J connectivity index is 3.50. The zero-order valence-electron chi connectivity index (χ0n) is 15.9. The third-order valence-corrected chi connectivity index (χ3v) is 11.7. The Labute approximate surface area is 148 Å². The van der Waals surface area contributed by atoms with Crippen LogP contribution < -0.4 is 0 Å². The van der Waals surface area contributed by atoms with Crippen LogP contribution in [0.2, 0.25) is 16.6 Å². The van der Waals surface area contributed by atoms with Crippen molar-refractivity contribution < 1.29 is 9.22 Å². The maximum atomic E-state index is 12.9. The van der Waals surface area contributed by atoms with E-state index < -0.39 is 13.9 Å². The molecule has 0 aliphatic heterocycles. The molecule has 2 nitrogen and oxygen atoms in total. The molecule has 0 fully saturated rings. The van der Waals surface area contributed by atoms with Gasteiger partial charge in [0.1, 0.15) is 5.60 Å². The Morgan fingerprint density at radius 1 is 1.22 bits per heavy atom. The van der Waals surface area contributed by atoms with Crippen molar-refractivity contribution >= 4 is 25.7 Å². The summed E-state index contributed by atoms with van der Waals surface area (Å²) in [5.74, 6) is -0.0319. The number of hydrogen-bond donors (Lipinski definition) is 0. The molecule has 1 aliphatic rings. The fraction of sp³-hybridized carbons (Fsp3) is 0.737. The molecule has 0 N–H and O–H groups in total. The van der Waals surface area contributed by atoms with E-state index in [1.807, 2.05) is 13.0 Å². The van der Waals surface area contributed by atoms with E-state index in [1.165, 1.54) is 0 Å². The van der Waals surface area contributed by atoms with Crippen LogP contribution in [0.25, 0.3) is 0 Å². The van der Waals surface area contributed by atoms with Crippen LogP contribution in [0.1, 0.15) is 55.4 Å². The second-order valence-corrected chi connectivity index (χ2v) is 13.4. The first kappa shape index (κ1) is 20.7. The number of rotatable bonds is 7. The highest BCUT2D eigenvalue weighted by Crippen LogP contribution is 2.47. The lowest BCUT2D eigenvalue weighted by Crippen LogP contribution is -2.59. The van der Waals surface area contributed by atoms with Gasteiger partial charge >= 0.3 is 0 Å². The number of Topliss-reactive ketones (excluding diaryl/α,β-unsaturated/α-hetero) is 1. The molecule has 0 saturated carbocycles. The normalized spacial score (nSPS) is 25.4. The standard InChI is InChI=1S/C19H33ClO2Si/c1-13(2)23(14(3)4,15(5)6)22-19(18(21)12-20)11-16(7)9-10-17(19)8/h9-11,13-15,17H,12H2,1-8H3. The lowest BCUT2D eigenvalue weighted by Gasteiger charge is -2.50. The van der Waals surface area contributed by atoms with Gasteiger partial charge in [0.05, 0.1) is 5.88 Å². The van der Waals surface area contributed by atoms with Crippen molar-refractivity contribution in [2.45, 2.75) is 77.6 Å². The monoisotopic (exact) mass is 356 g/mol. The highest BCUT2D eigenvalue weighted by Gasteiger charge is 2.54. The molecule has 0 saturated heterocycles. The molecule has 0 aromatic heterocycles. The van der Waals surface area contributed by atoms with Crippen LogP contribution in [0, 0.1) is 5.92 Å². The molecule has 0 radical (unpaired) electrons. The molecule has 132 valence electrons. The summed E-state index contributed by atoms with van der Waals surface area (Å²) in [6, 6.07) is 0. The van der Waals surface area contributed by atoms with Crippen molar-refractivity contribution in [3.05, 3.63) is 23.8 Å². The molecular formula is C19H33ClO2Si. The molecule has 1 aliphatic carbocycles. The predicted octanol–water partition coefficient (Wildman–Crippen LogP) is 5.88. The van der Waals surface area contributed by atoms with Crippen molar-refractivity contribution in [1.82, 2.24) is 0 Å². The Bertz CT molecular complexity index is 472. The average Bonchev–Trinajstić information content (AvgIpc) is 2.46. The van der Waals surface area contributed by atoms with Crippen molar-refractivity contribution in [2.75, 3.05) is 5.88 Å². The van der Waals surface area contributed by atoms with Gasteiger partial charge in [0.15, 0.2) is 5.78 Å². The molecule has 4 heteroatoms. The van der Waals surface area contributed by atoms with E-state index in [0.29, 0.717) is 16.6 Å². The van der Waals surface area contributed by atoms with Crippen LogP contribution >= 0.6 is 11.6 Å². The van der Waals surface area contributed by atoms with Gasteiger partial charge in [-0.25, -0.2) is 0 Å². The second-order valence-electron chi connectivity index (χ2n) is 7.81. The third-order valence-electron chi connectivity index (χ3n) is 5.38. The summed E-state index contributed by atoms with van der Waals surface area (Å²) in [5, 5.41) is 0. The molecule has 2 unspecified atom stereocenters. The molecular weight excluding hydrogens is 324 g/mol. The van der Waals surface area contributed by atoms with Crippen molar-refractivity contribution in [2.24, 2.45) is 5.92 Å². The smallest absolute Gasteiger partial charge is 0.202 e. The van der Waals surface area contributed by atoms with Crippen LogP contribution in [0.3, 0.4) is 0 Å². The minimum atomic E-state index is -2.20. The van der Waals surface area contributed by atoms with Gasteiger partial charge < -0.3 is 4.43 Å². The highest BCUT2D eigenvalue weighted by atomic mass is 35.5. The Hall–Kier alpha value is -0.383. The van der Waals surface area contributed by atoms with E-state index in [0.717, 1.165) is 5.57 Å². The Morgan fingerprint density at radius 3 is 2.09 bits per heavy atom. The largest absolute Gasteiger partial charge is 0.400 e. The first-order valence-corrected chi connectivity index (χ1v) is 11.4. The third kappa shape index (κ3) is 3.67. The maximum absolute atomic E-state index is 12.9. The van der Waals surface area contributed by atoms with Gasteiger partial charge in [0, 0.05) is 5.92 Å². The lowest BCUT2D eigenvalue weighted by atomic mass is 9.80. The van der Waals surface area contributed by atoms with E-state index in [1.54, 1.807) is 0 Å². The molecule has 2 atom stereocenters. The molecule has 1 rings (SSSR count). The molecule has 0 amide bonds. The molecule has 0 spiro atoms. The highest BCUT2D eigenvalue weighted by molar-refractivity contribution is 6.78. The number of carbonyl (C=O) groups is 1. The van der Waals surface area contributed by atoms with Gasteiger partial charge in [-0.15, -0.1) is 11.6 Å². The van der Waals surface area contributed by atoms with Gasteiger partial charge in [-0.05, 0) is 29.6 Å². The van der Waals surface area contributed by atoms with Crippen molar-refractivity contribution in [3.8, 4) is 0 Å². The number of alkyl halides is 1. The number of hydrogen-bond acceptors (Lipinski definition) is 2. The van der Waals surface area contributed by atoms with Crippen LogP contribution in [0.15, 0.2) is 23.8 Å². The topological polar surface area (TPSA) is 26.3 Å². The van der Waals surface area contributed by atoms with Crippen LogP contribution in [-0.4, -0.2) is 25.6 Å². The van der Waals surface area contributed by atoms with Crippen LogP contribution in [-0.2, 0) is 9.22 Å². The summed E-state index contributed by atoms with van der Waals surface area (Å²) in [6.07, 6.45) is 6.16. The number of carbonyl (C=O) groups excluding carboxylic acids is 1. The zero-order valence-corrected chi connectivity index (χ0v) is 17.7. The predicted molar refractivity (Wildman–Crippen MR) is 103 cm³/mol. The number of halogens is 1. The Morgan fingerprint density at radius 2 is 1.70 bits per heavy atom. The zero-order chi connectivity index (χ0) is 18.0. The van der Waals surface area contributed by atoms with E-state index in [-0.39, 0.29) is 17.6 Å². The second kappa shape index (κ2) is 7.67. The van der Waals surface area contributed by atoms with E-state index in [4.69, 9.17) is 16.0 Å². The van der Waals surface area contributed by atoms with E-state index in [2.05, 4.69) is 60.6 Å². The first-order valence-electron chi connectivity index (χ1n) is 8.71. The van der Waals surface area contributed by atoms with Crippen LogP contribution in [0.4, 0.5) is 0 Å². The molecule has 23 heavy (non-hydrogen) atoms. The van der Waals surface area contributed by atoms with E-state index >= 15 is 0 Å². The van der Waals surface area contributed by atoms with Gasteiger partial charge in [-0.3, -0.25) is 4.79 Å². The van der Waals surface area contributed by atoms with Gasteiger partial charge in [-0.1, -0.05) is 66.2 Å². The molecule has 0 heterocycles. The van der Waals surface area contributed by atoms with Crippen molar-refractivity contribution in [3.63, 3.8) is 0 Å². The summed E-state index contributed by atoms with van der Waals surface area (Å²) < 4.78 is 6.96. The molecule has 0 aromatic rings. The summed E-state index contributed by atoms with van der Waals surface area (Å²) in [5.41, 5.74) is 1.43. The lowest BCUT2D eigenvalue weighted by molar-refractivity contribution is -0.131. The Kier molecular flexibility index (Phi) is 6.89. The molecule has 0 bridgehead atoms. The minimum absolute atomic E-state index is 0.000532. The van der Waals surface area contributed by atoms with Gasteiger partial charge in [0.2, 0.25) is 8.32 Å². The number of ketones is 1. The maximum Gasteiger partial charge on any atom is 0.202 e. The average molecular weight is 357 g/mol. The quantitative estimate of drug-likeness (QED) is 0.420. The van der Waals surface area contributed by atoms with E-state index in [9.17, 15) is 4.79 Å². The fourth-order valence-electron chi connectivity index (χ4n) is 4.22. The fourth-order valence-corrected chi connectivity index (χ4v) is 10.1. The summed E-state index contributed by atoms with van der Waals surface area (Å²) in [7, 11) is -2.20. The van der Waals surface area contributed by atoms with Gasteiger partial charge in [-0.2, -0.15) is 0 Å². The van der Waals surface area contributed by atoms with Gasteiger partial charge in [0.25, 0.3) is 0 Å². The first-order chi connectivity index (χ1) is 10.5. The van der Waals surface area contributed by atoms with Crippen molar-refractivity contribution in [1.29, 1.82) is 0 Å².